The average Bonchev–Trinajstić information content (AvgIpc) is 3.32. The number of benzene rings is 3. The van der Waals surface area contributed by atoms with Crippen LogP contribution in [0.5, 0.6) is 5.75 Å². The van der Waals surface area contributed by atoms with Crippen LogP contribution in [0.4, 0.5) is 5.69 Å². The molecule has 0 N–H and O–H groups in total. The first-order valence-corrected chi connectivity index (χ1v) is 12.8. The molecule has 2 aliphatic heterocycles. The van der Waals surface area contributed by atoms with Crippen LogP contribution < -0.4 is 15.1 Å². The van der Waals surface area contributed by atoms with E-state index in [2.05, 4.69) is 0 Å². The lowest BCUT2D eigenvalue weighted by molar-refractivity contribution is -0.126. The molecule has 0 saturated heterocycles. The van der Waals surface area contributed by atoms with Gasteiger partial charge in [0, 0.05) is 18.7 Å². The quantitative estimate of drug-likeness (QED) is 0.390. The second-order valence-corrected chi connectivity index (χ2v) is 9.90. The number of carbonyl (C=O) groups excluding carboxylic acids is 2. The number of likely N-dealkylation sites (N-methyl/N-ethyl adjacent to an activating group) is 1. The zero-order chi connectivity index (χ0) is 26.8. The number of methoxy groups -OCH3 is 1. The number of nitrogens with zero attached hydrogens (tertiary/aromatic N) is 2. The van der Waals surface area contributed by atoms with Gasteiger partial charge < -0.3 is 19.0 Å². The van der Waals surface area contributed by atoms with Crippen LogP contribution in [0.2, 0.25) is 0 Å². The van der Waals surface area contributed by atoms with Gasteiger partial charge in [0.15, 0.2) is 11.0 Å². The zero-order valence-electron chi connectivity index (χ0n) is 21.8. The fraction of sp³-hybridized carbons (Fsp3) is 0.258. The fourth-order valence-corrected chi connectivity index (χ4v) is 5.89. The third kappa shape index (κ3) is 3.11. The molecular weight excluding hydrogens is 480 g/mol. The second-order valence-electron chi connectivity index (χ2n) is 9.90. The predicted octanol–water partition coefficient (Wildman–Crippen LogP) is 4.73. The summed E-state index contributed by atoms with van der Waals surface area (Å²) in [5.41, 5.74) is 2.74. The number of carbonyl (C=O) groups is 2. The van der Waals surface area contributed by atoms with Crippen molar-refractivity contribution in [3.05, 3.63) is 104 Å². The first-order chi connectivity index (χ1) is 18.3. The Morgan fingerprint density at radius 3 is 2.37 bits per heavy atom. The van der Waals surface area contributed by atoms with Crippen molar-refractivity contribution in [3.8, 4) is 5.75 Å². The van der Waals surface area contributed by atoms with Gasteiger partial charge in [-0.05, 0) is 74.2 Å². The molecule has 7 nitrogen and oxygen atoms in total. The molecule has 3 aromatic carbocycles. The lowest BCUT2D eigenvalue weighted by atomic mass is 9.83. The molecule has 0 aliphatic carbocycles. The average molecular weight is 509 g/mol. The number of hydrogen-bond acceptors (Lipinski definition) is 5. The summed E-state index contributed by atoms with van der Waals surface area (Å²) in [5, 5.41) is 0.372. The van der Waals surface area contributed by atoms with Crippen LogP contribution in [0, 0.1) is 13.8 Å². The van der Waals surface area contributed by atoms with Crippen LogP contribution in [-0.2, 0) is 16.8 Å². The van der Waals surface area contributed by atoms with E-state index in [1.165, 1.54) is 0 Å². The maximum absolute atomic E-state index is 14.4. The van der Waals surface area contributed by atoms with Crippen LogP contribution in [-0.4, -0.2) is 36.9 Å². The summed E-state index contributed by atoms with van der Waals surface area (Å²) >= 11 is 0. The first kappa shape index (κ1) is 24.0. The van der Waals surface area contributed by atoms with E-state index in [4.69, 9.17) is 9.15 Å². The molecule has 0 fully saturated rings. The SMILES string of the molecule is CCN1C(=O)C2(c3ccccc31)c1c(oc3cc(C)c(C)cc3c1=O)C(=O)N2CCc1ccc(OC)cc1. The maximum atomic E-state index is 14.4. The third-order valence-corrected chi connectivity index (χ3v) is 7.95. The molecule has 7 heteroatoms. The number of fused-ring (bicyclic) bond motifs is 5. The fourth-order valence-electron chi connectivity index (χ4n) is 5.89. The third-order valence-electron chi connectivity index (χ3n) is 7.95. The molecule has 2 aliphatic rings. The van der Waals surface area contributed by atoms with Crippen molar-refractivity contribution in [1.82, 2.24) is 4.90 Å². The van der Waals surface area contributed by atoms with E-state index in [9.17, 15) is 14.4 Å². The van der Waals surface area contributed by atoms with E-state index in [-0.39, 0.29) is 29.2 Å². The number of para-hydroxylation sites is 1. The van der Waals surface area contributed by atoms with E-state index >= 15 is 0 Å². The summed E-state index contributed by atoms with van der Waals surface area (Å²) in [7, 11) is 1.61. The van der Waals surface area contributed by atoms with Gasteiger partial charge in [0.2, 0.25) is 5.76 Å². The molecule has 0 saturated carbocycles. The van der Waals surface area contributed by atoms with Crippen LogP contribution in [0.3, 0.4) is 0 Å². The molecule has 0 bridgehead atoms. The second kappa shape index (κ2) is 8.58. The van der Waals surface area contributed by atoms with Crippen LogP contribution in [0.25, 0.3) is 11.0 Å². The number of aryl methyl sites for hydroxylation is 2. The Bertz CT molecular complexity index is 1690. The number of amides is 2. The summed E-state index contributed by atoms with van der Waals surface area (Å²) in [6.07, 6.45) is 0.485. The Labute approximate surface area is 220 Å². The van der Waals surface area contributed by atoms with Crippen molar-refractivity contribution in [2.24, 2.45) is 0 Å². The Morgan fingerprint density at radius 2 is 1.66 bits per heavy atom. The van der Waals surface area contributed by atoms with Gasteiger partial charge in [-0.3, -0.25) is 14.4 Å². The predicted molar refractivity (Wildman–Crippen MR) is 145 cm³/mol. The molecule has 1 aromatic heterocycles. The van der Waals surface area contributed by atoms with Crippen molar-refractivity contribution in [3.63, 3.8) is 0 Å². The van der Waals surface area contributed by atoms with Crippen LogP contribution >= 0.6 is 0 Å². The molecule has 0 radical (unpaired) electrons. The highest BCUT2D eigenvalue weighted by Crippen LogP contribution is 2.52. The number of hydrogen-bond donors (Lipinski definition) is 0. The normalized spacial score (nSPS) is 18.0. The summed E-state index contributed by atoms with van der Waals surface area (Å²) < 4.78 is 11.5. The lowest BCUT2D eigenvalue weighted by Crippen LogP contribution is -2.54. The highest BCUT2D eigenvalue weighted by atomic mass is 16.5. The summed E-state index contributed by atoms with van der Waals surface area (Å²) in [6.45, 7) is 6.38. The molecule has 2 amide bonds. The minimum Gasteiger partial charge on any atom is -0.497 e. The van der Waals surface area contributed by atoms with E-state index in [1.807, 2.05) is 69.3 Å². The highest BCUT2D eigenvalue weighted by molar-refractivity contribution is 6.17. The van der Waals surface area contributed by atoms with Gasteiger partial charge in [0.25, 0.3) is 11.8 Å². The van der Waals surface area contributed by atoms with Gasteiger partial charge in [-0.15, -0.1) is 0 Å². The Balaban J connectivity index is 1.60. The molecule has 192 valence electrons. The van der Waals surface area contributed by atoms with Crippen molar-refractivity contribution >= 4 is 28.5 Å². The van der Waals surface area contributed by atoms with Crippen molar-refractivity contribution in [2.75, 3.05) is 25.1 Å². The molecule has 6 rings (SSSR count). The number of anilines is 1. The Morgan fingerprint density at radius 1 is 0.947 bits per heavy atom. The zero-order valence-corrected chi connectivity index (χ0v) is 21.8. The summed E-state index contributed by atoms with van der Waals surface area (Å²) in [5.74, 6) is -0.0765. The lowest BCUT2D eigenvalue weighted by Gasteiger charge is -2.34. The molecule has 1 spiro atoms. The largest absolute Gasteiger partial charge is 0.497 e. The van der Waals surface area contributed by atoms with Gasteiger partial charge >= 0.3 is 0 Å². The van der Waals surface area contributed by atoms with Gasteiger partial charge in [-0.1, -0.05) is 30.3 Å². The smallest absolute Gasteiger partial charge is 0.291 e. The van der Waals surface area contributed by atoms with Crippen molar-refractivity contribution in [2.45, 2.75) is 32.7 Å². The van der Waals surface area contributed by atoms with Gasteiger partial charge in [0.1, 0.15) is 11.3 Å². The van der Waals surface area contributed by atoms with Gasteiger partial charge in [-0.2, -0.15) is 0 Å². The van der Waals surface area contributed by atoms with Crippen LogP contribution in [0.1, 0.15) is 45.3 Å². The van der Waals surface area contributed by atoms with E-state index in [0.29, 0.717) is 35.2 Å². The topological polar surface area (TPSA) is 80.1 Å². The van der Waals surface area contributed by atoms with Crippen molar-refractivity contribution in [1.29, 1.82) is 0 Å². The summed E-state index contributed by atoms with van der Waals surface area (Å²) in [6, 6.07) is 18.6. The van der Waals surface area contributed by atoms with Crippen molar-refractivity contribution < 1.29 is 18.7 Å². The standard InChI is InChI=1S/C31H28N2O5/c1-5-32-24-9-7-6-8-23(24)31(30(32)36)26-27(34)22-16-18(2)19(3)17-25(22)38-28(26)29(35)33(31)15-14-20-10-12-21(37-4)13-11-20/h6-13,16-17H,5,14-15H2,1-4H3. The molecule has 1 atom stereocenters. The highest BCUT2D eigenvalue weighted by Gasteiger charge is 2.64. The molecule has 4 aromatic rings. The van der Waals surface area contributed by atoms with Gasteiger partial charge in [0.05, 0.1) is 23.7 Å². The van der Waals surface area contributed by atoms with E-state index in [1.54, 1.807) is 29.0 Å². The minimum absolute atomic E-state index is 0.0541. The minimum atomic E-state index is -1.58. The Kier molecular flexibility index (Phi) is 5.42. The Hall–Kier alpha value is -4.39. The number of rotatable bonds is 5. The number of ether oxygens (including phenoxy) is 1. The maximum Gasteiger partial charge on any atom is 0.291 e. The molecular formula is C31H28N2O5. The molecule has 3 heterocycles. The van der Waals surface area contributed by atoms with Crippen LogP contribution in [0.15, 0.2) is 69.9 Å². The van der Waals surface area contributed by atoms with E-state index < -0.39 is 11.4 Å². The monoisotopic (exact) mass is 508 g/mol. The first-order valence-electron chi connectivity index (χ1n) is 12.8. The van der Waals surface area contributed by atoms with E-state index in [0.717, 1.165) is 22.4 Å². The summed E-state index contributed by atoms with van der Waals surface area (Å²) in [4.78, 5) is 45.9. The molecule has 1 unspecified atom stereocenters. The van der Waals surface area contributed by atoms with Gasteiger partial charge in [-0.25, -0.2) is 0 Å². The molecule has 38 heavy (non-hydrogen) atoms.